The van der Waals surface area contributed by atoms with Gasteiger partial charge in [-0.2, -0.15) is 0 Å². The van der Waals surface area contributed by atoms with Crippen molar-refractivity contribution in [3.05, 3.63) is 40.8 Å². The highest BCUT2D eigenvalue weighted by Crippen LogP contribution is 2.34. The summed E-state index contributed by atoms with van der Waals surface area (Å²) in [6.07, 6.45) is 3.19. The van der Waals surface area contributed by atoms with Crippen LogP contribution in [-0.4, -0.2) is 25.0 Å². The predicted molar refractivity (Wildman–Crippen MR) is 71.8 cm³/mol. The summed E-state index contributed by atoms with van der Waals surface area (Å²) in [6, 6.07) is 4.52. The van der Waals surface area contributed by atoms with Gasteiger partial charge in [0, 0.05) is 22.7 Å². The van der Waals surface area contributed by atoms with Gasteiger partial charge in [0.1, 0.15) is 0 Å². The fourth-order valence-corrected chi connectivity index (χ4v) is 3.32. The molecule has 2 aromatic rings. The third-order valence-corrected chi connectivity index (χ3v) is 4.46. The summed E-state index contributed by atoms with van der Waals surface area (Å²) in [6.45, 7) is 1.97. The van der Waals surface area contributed by atoms with Crippen LogP contribution in [0.4, 0.5) is 8.78 Å². The number of thiophene rings is 1. The van der Waals surface area contributed by atoms with Crippen molar-refractivity contribution in [1.29, 1.82) is 0 Å². The van der Waals surface area contributed by atoms with Crippen LogP contribution in [0.5, 0.6) is 0 Å². The molecule has 0 spiro atoms. The Morgan fingerprint density at radius 1 is 1.17 bits per heavy atom. The lowest BCUT2D eigenvalue weighted by atomic mass is 10.1. The molecule has 1 aromatic carbocycles. The Balaban J connectivity index is 2.03. The molecule has 0 saturated heterocycles. The lowest BCUT2D eigenvalue weighted by molar-refractivity contribution is 0.370. The Hall–Kier alpha value is -1.26. The van der Waals surface area contributed by atoms with E-state index in [0.29, 0.717) is 0 Å². The molecular formula is C14H13F2NS. The predicted octanol–water partition coefficient (Wildman–Crippen LogP) is 3.90. The minimum atomic E-state index is -0.774. The molecule has 0 aliphatic carbocycles. The molecular weight excluding hydrogens is 252 g/mol. The number of likely N-dealkylation sites (N-methyl/N-ethyl adjacent to an activating group) is 1. The Labute approximate surface area is 108 Å². The normalized spacial score (nSPS) is 17.2. The second-order valence-corrected chi connectivity index (χ2v) is 5.74. The highest BCUT2D eigenvalue weighted by Gasteiger charge is 2.13. The van der Waals surface area contributed by atoms with Crippen LogP contribution in [0.3, 0.4) is 0 Å². The van der Waals surface area contributed by atoms with Crippen LogP contribution in [0, 0.1) is 11.6 Å². The van der Waals surface area contributed by atoms with Gasteiger partial charge < -0.3 is 4.90 Å². The van der Waals surface area contributed by atoms with E-state index in [2.05, 4.69) is 18.0 Å². The van der Waals surface area contributed by atoms with Crippen LogP contribution >= 0.6 is 11.3 Å². The van der Waals surface area contributed by atoms with Gasteiger partial charge in [-0.25, -0.2) is 8.78 Å². The van der Waals surface area contributed by atoms with Gasteiger partial charge in [-0.05, 0) is 42.6 Å². The molecule has 0 unspecified atom stereocenters. The summed E-state index contributed by atoms with van der Waals surface area (Å²) in [5.74, 6) is -1.54. The Morgan fingerprint density at radius 3 is 2.67 bits per heavy atom. The maximum absolute atomic E-state index is 13.2. The zero-order valence-electron chi connectivity index (χ0n) is 10.0. The number of halogens is 2. The van der Waals surface area contributed by atoms with Crippen LogP contribution in [0.2, 0.25) is 0 Å². The minimum absolute atomic E-state index is 0.770. The zero-order chi connectivity index (χ0) is 12.7. The number of hydrogen-bond acceptors (Lipinski definition) is 2. The van der Waals surface area contributed by atoms with E-state index in [9.17, 15) is 8.78 Å². The summed E-state index contributed by atoms with van der Waals surface area (Å²) in [7, 11) is 2.09. The van der Waals surface area contributed by atoms with Gasteiger partial charge in [0.05, 0.1) is 0 Å². The molecule has 0 radical (unpaired) electrons. The lowest BCUT2D eigenvalue weighted by Crippen LogP contribution is -2.23. The number of fused-ring (bicyclic) bond motifs is 1. The van der Waals surface area contributed by atoms with Crippen LogP contribution < -0.4 is 0 Å². The molecule has 3 rings (SSSR count). The molecule has 18 heavy (non-hydrogen) atoms. The van der Waals surface area contributed by atoms with Crippen molar-refractivity contribution < 1.29 is 8.78 Å². The number of nitrogens with zero attached hydrogens (tertiary/aromatic N) is 1. The third kappa shape index (κ3) is 2.06. The first kappa shape index (κ1) is 11.8. The molecule has 1 aromatic heterocycles. The van der Waals surface area contributed by atoms with Gasteiger partial charge >= 0.3 is 0 Å². The van der Waals surface area contributed by atoms with Gasteiger partial charge in [0.2, 0.25) is 0 Å². The van der Waals surface area contributed by atoms with E-state index < -0.39 is 11.6 Å². The van der Waals surface area contributed by atoms with E-state index in [1.165, 1.54) is 29.0 Å². The Morgan fingerprint density at radius 2 is 1.94 bits per heavy atom. The van der Waals surface area contributed by atoms with E-state index in [0.717, 1.165) is 34.5 Å². The van der Waals surface area contributed by atoms with E-state index in [-0.39, 0.29) is 0 Å². The van der Waals surface area contributed by atoms with Crippen LogP contribution in [0.25, 0.3) is 15.7 Å². The zero-order valence-corrected chi connectivity index (χ0v) is 10.9. The molecule has 0 atom stereocenters. The molecule has 1 aliphatic heterocycles. The first-order chi connectivity index (χ1) is 8.63. The molecule has 0 fully saturated rings. The van der Waals surface area contributed by atoms with Crippen molar-refractivity contribution in [3.8, 4) is 0 Å². The summed E-state index contributed by atoms with van der Waals surface area (Å²) < 4.78 is 27.1. The van der Waals surface area contributed by atoms with E-state index >= 15 is 0 Å². The van der Waals surface area contributed by atoms with Crippen LogP contribution in [0.1, 0.15) is 11.3 Å². The average molecular weight is 265 g/mol. The summed E-state index contributed by atoms with van der Waals surface area (Å²) in [5, 5.41) is 0.786. The molecule has 4 heteroatoms. The number of hydrogen-bond donors (Lipinski definition) is 0. The van der Waals surface area contributed by atoms with Crippen molar-refractivity contribution in [2.75, 3.05) is 20.1 Å². The van der Waals surface area contributed by atoms with Crippen molar-refractivity contribution in [2.45, 2.75) is 6.42 Å². The van der Waals surface area contributed by atoms with Gasteiger partial charge in [-0.1, -0.05) is 6.08 Å². The third-order valence-electron chi connectivity index (χ3n) is 3.29. The SMILES string of the molecule is CN1CC=C(c2cc3cc(F)c(F)cc3s2)CC1. The lowest BCUT2D eigenvalue weighted by Gasteiger charge is -2.21. The smallest absolute Gasteiger partial charge is 0.160 e. The monoisotopic (exact) mass is 265 g/mol. The van der Waals surface area contributed by atoms with E-state index in [4.69, 9.17) is 0 Å². The largest absolute Gasteiger partial charge is 0.302 e. The second-order valence-electron chi connectivity index (χ2n) is 4.66. The number of rotatable bonds is 1. The highest BCUT2D eigenvalue weighted by atomic mass is 32.1. The van der Waals surface area contributed by atoms with Crippen molar-refractivity contribution in [2.24, 2.45) is 0 Å². The van der Waals surface area contributed by atoms with Gasteiger partial charge in [-0.15, -0.1) is 11.3 Å². The highest BCUT2D eigenvalue weighted by molar-refractivity contribution is 7.20. The standard InChI is InChI=1S/C14H13F2NS/c1-17-4-2-9(3-5-17)13-7-10-6-11(15)12(16)8-14(10)18-13/h2,6-8H,3-5H2,1H3. The molecule has 0 N–H and O–H groups in total. The summed E-state index contributed by atoms with van der Waals surface area (Å²) in [5.41, 5.74) is 1.29. The molecule has 0 bridgehead atoms. The first-order valence-corrected chi connectivity index (χ1v) is 6.71. The van der Waals surface area contributed by atoms with Crippen LogP contribution in [-0.2, 0) is 0 Å². The fourth-order valence-electron chi connectivity index (χ4n) is 2.19. The second kappa shape index (κ2) is 4.44. The Bertz CT molecular complexity index is 591. The molecule has 1 aliphatic rings. The van der Waals surface area contributed by atoms with Gasteiger partial charge in [0.25, 0.3) is 0 Å². The summed E-state index contributed by atoms with van der Waals surface area (Å²) in [4.78, 5) is 3.37. The van der Waals surface area contributed by atoms with E-state index in [1.807, 2.05) is 6.07 Å². The molecule has 94 valence electrons. The molecule has 2 heterocycles. The molecule has 0 amide bonds. The Kier molecular flexibility index (Phi) is 2.92. The molecule has 0 saturated carbocycles. The number of benzene rings is 1. The van der Waals surface area contributed by atoms with Gasteiger partial charge in [0.15, 0.2) is 11.6 Å². The van der Waals surface area contributed by atoms with Crippen molar-refractivity contribution in [1.82, 2.24) is 4.90 Å². The van der Waals surface area contributed by atoms with E-state index in [1.54, 1.807) is 0 Å². The van der Waals surface area contributed by atoms with Crippen LogP contribution in [0.15, 0.2) is 24.3 Å². The summed E-state index contributed by atoms with van der Waals surface area (Å²) >= 11 is 1.53. The first-order valence-electron chi connectivity index (χ1n) is 5.90. The van der Waals surface area contributed by atoms with Gasteiger partial charge in [-0.3, -0.25) is 0 Å². The van der Waals surface area contributed by atoms with Crippen molar-refractivity contribution >= 4 is 27.0 Å². The molecule has 1 nitrogen and oxygen atoms in total. The maximum Gasteiger partial charge on any atom is 0.160 e. The van der Waals surface area contributed by atoms with Crippen molar-refractivity contribution in [3.63, 3.8) is 0 Å². The minimum Gasteiger partial charge on any atom is -0.302 e. The quantitative estimate of drug-likeness (QED) is 0.756. The topological polar surface area (TPSA) is 3.24 Å². The maximum atomic E-state index is 13.2. The fraction of sp³-hybridized carbons (Fsp3) is 0.286. The average Bonchev–Trinajstić information content (AvgIpc) is 2.73.